The van der Waals surface area contributed by atoms with E-state index in [1.54, 1.807) is 42.3 Å². The second-order valence-electron chi connectivity index (χ2n) is 7.34. The molecule has 6 nitrogen and oxygen atoms in total. The molecule has 0 saturated heterocycles. The van der Waals surface area contributed by atoms with Crippen molar-refractivity contribution in [2.24, 2.45) is 11.1 Å². The van der Waals surface area contributed by atoms with Gasteiger partial charge in [0.2, 0.25) is 0 Å². The molecule has 0 heterocycles. The van der Waals surface area contributed by atoms with Gasteiger partial charge >= 0.3 is 0 Å². The SMILES string of the molecule is CN(CC(C)(C)CN)C(=O)c1ccccc1OCC(=O)Nc1ccccc1F. The number of ether oxygens (including phenoxy) is 1. The number of carbonyl (C=O) groups excluding carboxylic acids is 2. The molecule has 150 valence electrons. The third-order valence-corrected chi connectivity index (χ3v) is 4.19. The first-order valence-electron chi connectivity index (χ1n) is 8.95. The highest BCUT2D eigenvalue weighted by molar-refractivity contribution is 5.97. The van der Waals surface area contributed by atoms with Gasteiger partial charge in [-0.25, -0.2) is 4.39 Å². The molecule has 0 atom stereocenters. The normalized spacial score (nSPS) is 11.0. The molecule has 0 saturated carbocycles. The standard InChI is InChI=1S/C21H26FN3O3/c1-21(2,13-23)14-25(3)20(27)15-8-4-7-11-18(15)28-12-19(26)24-17-10-6-5-9-16(17)22/h4-11H,12-14,23H2,1-3H3,(H,24,26). The number of para-hydroxylation sites is 2. The Morgan fingerprint density at radius 3 is 2.46 bits per heavy atom. The van der Waals surface area contributed by atoms with Crippen molar-refractivity contribution >= 4 is 17.5 Å². The number of benzene rings is 2. The Morgan fingerprint density at radius 1 is 1.14 bits per heavy atom. The van der Waals surface area contributed by atoms with Crippen molar-refractivity contribution in [3.05, 3.63) is 59.9 Å². The van der Waals surface area contributed by atoms with E-state index in [9.17, 15) is 14.0 Å². The summed E-state index contributed by atoms with van der Waals surface area (Å²) in [6.07, 6.45) is 0. The van der Waals surface area contributed by atoms with Crippen LogP contribution in [-0.4, -0.2) is 43.5 Å². The summed E-state index contributed by atoms with van der Waals surface area (Å²) in [7, 11) is 1.70. The van der Waals surface area contributed by atoms with Gasteiger partial charge in [0.25, 0.3) is 11.8 Å². The predicted octanol–water partition coefficient (Wildman–Crippen LogP) is 2.90. The molecule has 2 amide bonds. The summed E-state index contributed by atoms with van der Waals surface area (Å²) in [5.74, 6) is -0.999. The van der Waals surface area contributed by atoms with E-state index in [0.717, 1.165) is 0 Å². The molecule has 0 aromatic heterocycles. The number of nitrogens with zero attached hydrogens (tertiary/aromatic N) is 1. The van der Waals surface area contributed by atoms with Crippen molar-refractivity contribution in [1.29, 1.82) is 0 Å². The number of halogens is 1. The lowest BCUT2D eigenvalue weighted by Crippen LogP contribution is -2.39. The van der Waals surface area contributed by atoms with Gasteiger partial charge in [-0.05, 0) is 36.2 Å². The number of hydrogen-bond donors (Lipinski definition) is 2. The van der Waals surface area contributed by atoms with Crippen molar-refractivity contribution in [3.63, 3.8) is 0 Å². The molecule has 0 spiro atoms. The van der Waals surface area contributed by atoms with Crippen molar-refractivity contribution in [1.82, 2.24) is 4.90 Å². The van der Waals surface area contributed by atoms with Crippen LogP contribution in [0.4, 0.5) is 10.1 Å². The zero-order chi connectivity index (χ0) is 20.7. The lowest BCUT2D eigenvalue weighted by molar-refractivity contribution is -0.118. The third kappa shape index (κ3) is 5.79. The van der Waals surface area contributed by atoms with E-state index < -0.39 is 11.7 Å². The first kappa shape index (κ1) is 21.4. The van der Waals surface area contributed by atoms with Gasteiger partial charge in [-0.3, -0.25) is 9.59 Å². The third-order valence-electron chi connectivity index (χ3n) is 4.19. The molecule has 2 rings (SSSR count). The smallest absolute Gasteiger partial charge is 0.262 e. The Bertz CT molecular complexity index is 839. The quantitative estimate of drug-likeness (QED) is 0.729. The van der Waals surface area contributed by atoms with E-state index in [-0.39, 0.29) is 29.4 Å². The van der Waals surface area contributed by atoms with Crippen molar-refractivity contribution < 1.29 is 18.7 Å². The van der Waals surface area contributed by atoms with Gasteiger partial charge in [0.1, 0.15) is 11.6 Å². The van der Waals surface area contributed by atoms with Crippen molar-refractivity contribution in [2.75, 3.05) is 32.1 Å². The van der Waals surface area contributed by atoms with Crippen LogP contribution < -0.4 is 15.8 Å². The number of hydrogen-bond acceptors (Lipinski definition) is 4. The molecule has 0 radical (unpaired) electrons. The average Bonchev–Trinajstić information content (AvgIpc) is 2.67. The van der Waals surface area contributed by atoms with Crippen LogP contribution in [0, 0.1) is 11.2 Å². The molecule has 2 aromatic rings. The molecule has 0 fully saturated rings. The maximum absolute atomic E-state index is 13.6. The van der Waals surface area contributed by atoms with E-state index in [2.05, 4.69) is 5.32 Å². The highest BCUT2D eigenvalue weighted by Gasteiger charge is 2.24. The zero-order valence-corrected chi connectivity index (χ0v) is 16.4. The lowest BCUT2D eigenvalue weighted by atomic mass is 9.93. The fraction of sp³-hybridized carbons (Fsp3) is 0.333. The molecule has 0 aliphatic carbocycles. The predicted molar refractivity (Wildman–Crippen MR) is 107 cm³/mol. The van der Waals surface area contributed by atoms with Crippen LogP contribution in [-0.2, 0) is 4.79 Å². The van der Waals surface area contributed by atoms with E-state index in [1.807, 2.05) is 13.8 Å². The Morgan fingerprint density at radius 2 is 1.79 bits per heavy atom. The van der Waals surface area contributed by atoms with Gasteiger partial charge in [0.05, 0.1) is 11.3 Å². The summed E-state index contributed by atoms with van der Waals surface area (Å²) in [6.45, 7) is 4.53. The summed E-state index contributed by atoms with van der Waals surface area (Å²) in [5, 5.41) is 2.44. The zero-order valence-electron chi connectivity index (χ0n) is 16.4. The van der Waals surface area contributed by atoms with E-state index in [4.69, 9.17) is 10.5 Å². The number of carbonyl (C=O) groups is 2. The maximum Gasteiger partial charge on any atom is 0.262 e. The van der Waals surface area contributed by atoms with Crippen LogP contribution in [0.1, 0.15) is 24.2 Å². The van der Waals surface area contributed by atoms with E-state index >= 15 is 0 Å². The van der Waals surface area contributed by atoms with Gasteiger partial charge in [-0.1, -0.05) is 38.1 Å². The molecule has 0 aliphatic heterocycles. The molecule has 2 aromatic carbocycles. The van der Waals surface area contributed by atoms with Crippen LogP contribution in [0.15, 0.2) is 48.5 Å². The van der Waals surface area contributed by atoms with Crippen molar-refractivity contribution in [3.8, 4) is 5.75 Å². The Balaban J connectivity index is 2.04. The van der Waals surface area contributed by atoms with Crippen LogP contribution in [0.2, 0.25) is 0 Å². The topological polar surface area (TPSA) is 84.7 Å². The summed E-state index contributed by atoms with van der Waals surface area (Å²) in [4.78, 5) is 26.4. The highest BCUT2D eigenvalue weighted by Crippen LogP contribution is 2.22. The number of nitrogens with two attached hydrogens (primary N) is 1. The Kier molecular flexibility index (Phi) is 7.12. The first-order chi connectivity index (χ1) is 13.2. The van der Waals surface area contributed by atoms with E-state index in [0.29, 0.717) is 18.7 Å². The lowest BCUT2D eigenvalue weighted by Gasteiger charge is -2.29. The minimum Gasteiger partial charge on any atom is -0.483 e. The average molecular weight is 387 g/mol. The maximum atomic E-state index is 13.6. The number of amides is 2. The summed E-state index contributed by atoms with van der Waals surface area (Å²) in [5.41, 5.74) is 5.94. The monoisotopic (exact) mass is 387 g/mol. The van der Waals surface area contributed by atoms with Gasteiger partial charge in [-0.15, -0.1) is 0 Å². The highest BCUT2D eigenvalue weighted by atomic mass is 19.1. The van der Waals surface area contributed by atoms with E-state index in [1.165, 1.54) is 18.2 Å². The molecule has 0 bridgehead atoms. The molecular weight excluding hydrogens is 361 g/mol. The van der Waals surface area contributed by atoms with Gasteiger partial charge in [0, 0.05) is 13.6 Å². The summed E-state index contributed by atoms with van der Waals surface area (Å²) < 4.78 is 19.2. The Labute approximate surface area is 164 Å². The van der Waals surface area contributed by atoms with Gasteiger partial charge < -0.3 is 20.7 Å². The van der Waals surface area contributed by atoms with Gasteiger partial charge in [0.15, 0.2) is 6.61 Å². The second-order valence-corrected chi connectivity index (χ2v) is 7.34. The van der Waals surface area contributed by atoms with Crippen LogP contribution >= 0.6 is 0 Å². The van der Waals surface area contributed by atoms with Crippen LogP contribution in [0.25, 0.3) is 0 Å². The first-order valence-corrected chi connectivity index (χ1v) is 8.95. The number of anilines is 1. The fourth-order valence-corrected chi connectivity index (χ4v) is 2.65. The number of rotatable bonds is 8. The molecule has 7 heteroatoms. The summed E-state index contributed by atoms with van der Waals surface area (Å²) >= 11 is 0. The largest absolute Gasteiger partial charge is 0.483 e. The Hall–Kier alpha value is -2.93. The van der Waals surface area contributed by atoms with Crippen LogP contribution in [0.5, 0.6) is 5.75 Å². The molecular formula is C21H26FN3O3. The second kappa shape index (κ2) is 9.32. The van der Waals surface area contributed by atoms with Gasteiger partial charge in [-0.2, -0.15) is 0 Å². The molecule has 3 N–H and O–H groups in total. The molecule has 0 aliphatic rings. The van der Waals surface area contributed by atoms with Crippen molar-refractivity contribution in [2.45, 2.75) is 13.8 Å². The van der Waals surface area contributed by atoms with Crippen LogP contribution in [0.3, 0.4) is 0 Å². The summed E-state index contributed by atoms with van der Waals surface area (Å²) in [6, 6.07) is 12.6. The molecule has 0 unspecified atom stereocenters. The number of nitrogens with one attached hydrogen (secondary N) is 1. The minimum absolute atomic E-state index is 0.0733. The minimum atomic E-state index is -0.532. The fourth-order valence-electron chi connectivity index (χ4n) is 2.65. The molecule has 28 heavy (non-hydrogen) atoms.